The van der Waals surface area contributed by atoms with Crippen LogP contribution >= 0.6 is 23.2 Å². The highest BCUT2D eigenvalue weighted by atomic mass is 35.5. The third-order valence-corrected chi connectivity index (χ3v) is 2.42. The molecule has 0 N–H and O–H groups in total. The van der Waals surface area contributed by atoms with Crippen LogP contribution in [0.25, 0.3) is 0 Å². The van der Waals surface area contributed by atoms with Crippen molar-refractivity contribution < 1.29 is 4.92 Å². The maximum Gasteiger partial charge on any atom is 0.274 e. The smallest absolute Gasteiger partial charge is 0.258 e. The van der Waals surface area contributed by atoms with E-state index in [1.807, 2.05) is 6.92 Å². The Hall–Kier alpha value is -0.800. The second-order valence-corrected chi connectivity index (χ2v) is 3.32. The molecule has 0 aliphatic rings. The highest BCUT2D eigenvalue weighted by Gasteiger charge is 2.14. The molecule has 0 radical (unpaired) electrons. The number of aryl methyl sites for hydroxylation is 1. The first-order valence-electron chi connectivity index (χ1n) is 3.68. The van der Waals surface area contributed by atoms with Crippen LogP contribution in [0, 0.1) is 10.1 Å². The fourth-order valence-corrected chi connectivity index (χ4v) is 1.37. The Kier molecular flexibility index (Phi) is 3.12. The van der Waals surface area contributed by atoms with Crippen molar-refractivity contribution in [3.05, 3.63) is 37.9 Å². The van der Waals surface area contributed by atoms with Crippen molar-refractivity contribution in [3.63, 3.8) is 0 Å². The predicted octanol–water partition coefficient (Wildman–Crippen LogP) is 3.46. The van der Waals surface area contributed by atoms with E-state index >= 15 is 0 Å². The lowest BCUT2D eigenvalue weighted by atomic mass is 10.1. The zero-order valence-corrected chi connectivity index (χ0v) is 8.39. The number of nitro benzene ring substituents is 1. The average Bonchev–Trinajstić information content (AvgIpc) is 2.08. The first kappa shape index (κ1) is 10.3. The van der Waals surface area contributed by atoms with Crippen LogP contribution in [0.2, 0.25) is 10.0 Å². The molecule has 0 bridgehead atoms. The summed E-state index contributed by atoms with van der Waals surface area (Å²) in [6.45, 7) is 1.83. The van der Waals surface area contributed by atoms with E-state index in [0.717, 1.165) is 0 Å². The fourth-order valence-electron chi connectivity index (χ4n) is 1.03. The maximum absolute atomic E-state index is 10.5. The minimum Gasteiger partial charge on any atom is -0.258 e. The quantitative estimate of drug-likeness (QED) is 0.565. The molecule has 0 unspecified atom stereocenters. The molecule has 0 saturated heterocycles. The predicted molar refractivity (Wildman–Crippen MR) is 52.5 cm³/mol. The van der Waals surface area contributed by atoms with Gasteiger partial charge in [-0.05, 0) is 12.5 Å². The van der Waals surface area contributed by atoms with Crippen molar-refractivity contribution >= 4 is 28.9 Å². The second kappa shape index (κ2) is 3.94. The van der Waals surface area contributed by atoms with Crippen LogP contribution in [0.4, 0.5) is 5.69 Å². The Morgan fingerprint density at radius 2 is 1.92 bits per heavy atom. The second-order valence-electron chi connectivity index (χ2n) is 2.51. The van der Waals surface area contributed by atoms with Crippen LogP contribution in [0.15, 0.2) is 12.1 Å². The van der Waals surface area contributed by atoms with E-state index < -0.39 is 4.92 Å². The Bertz CT molecular complexity index is 352. The van der Waals surface area contributed by atoms with Crippen molar-refractivity contribution in [2.75, 3.05) is 0 Å². The Balaban J connectivity index is 3.33. The molecule has 5 heteroatoms. The number of nitrogens with zero attached hydrogens (tertiary/aromatic N) is 1. The summed E-state index contributed by atoms with van der Waals surface area (Å²) in [5, 5.41) is 11.1. The third-order valence-electron chi connectivity index (χ3n) is 1.70. The molecule has 0 heterocycles. The molecule has 1 aromatic carbocycles. The molecule has 1 aromatic rings. The van der Waals surface area contributed by atoms with Crippen molar-refractivity contribution in [2.45, 2.75) is 13.3 Å². The molecule has 0 aliphatic carbocycles. The molecule has 0 atom stereocenters. The Morgan fingerprint density at radius 3 is 2.38 bits per heavy atom. The number of hydrogen-bond acceptors (Lipinski definition) is 2. The van der Waals surface area contributed by atoms with Gasteiger partial charge in [-0.15, -0.1) is 0 Å². The summed E-state index contributed by atoms with van der Waals surface area (Å²) >= 11 is 11.4. The molecule has 3 nitrogen and oxygen atoms in total. The van der Waals surface area contributed by atoms with Gasteiger partial charge in [-0.2, -0.15) is 0 Å². The van der Waals surface area contributed by atoms with Crippen LogP contribution in [-0.4, -0.2) is 4.92 Å². The lowest BCUT2D eigenvalue weighted by molar-refractivity contribution is -0.385. The van der Waals surface area contributed by atoms with Gasteiger partial charge in [0.1, 0.15) is 0 Å². The number of halogens is 2. The normalized spacial score (nSPS) is 10.1. The van der Waals surface area contributed by atoms with Crippen LogP contribution < -0.4 is 0 Å². The Labute approximate surface area is 85.4 Å². The summed E-state index contributed by atoms with van der Waals surface area (Å²) in [4.78, 5) is 10.1. The Morgan fingerprint density at radius 1 is 1.38 bits per heavy atom. The number of rotatable bonds is 2. The lowest BCUT2D eigenvalue weighted by Crippen LogP contribution is -1.94. The molecule has 0 fully saturated rings. The van der Waals surface area contributed by atoms with E-state index in [2.05, 4.69) is 0 Å². The van der Waals surface area contributed by atoms with Gasteiger partial charge >= 0.3 is 0 Å². The molecular formula is C8H7Cl2NO2. The topological polar surface area (TPSA) is 43.1 Å². The fraction of sp³-hybridized carbons (Fsp3) is 0.250. The van der Waals surface area contributed by atoms with E-state index in [1.165, 1.54) is 12.1 Å². The van der Waals surface area contributed by atoms with E-state index in [4.69, 9.17) is 23.2 Å². The maximum atomic E-state index is 10.5. The molecule has 0 saturated carbocycles. The van der Waals surface area contributed by atoms with Gasteiger partial charge in [0, 0.05) is 11.6 Å². The van der Waals surface area contributed by atoms with Gasteiger partial charge in [0.25, 0.3) is 5.69 Å². The molecule has 70 valence electrons. The molecule has 0 amide bonds. The van der Waals surface area contributed by atoms with Crippen molar-refractivity contribution in [1.29, 1.82) is 0 Å². The zero-order valence-electron chi connectivity index (χ0n) is 6.88. The van der Waals surface area contributed by atoms with Gasteiger partial charge in [0.05, 0.1) is 15.0 Å². The van der Waals surface area contributed by atoms with Crippen molar-refractivity contribution in [3.8, 4) is 0 Å². The van der Waals surface area contributed by atoms with Crippen LogP contribution in [-0.2, 0) is 6.42 Å². The number of benzene rings is 1. The summed E-state index contributed by atoms with van der Waals surface area (Å²) in [5.41, 5.74) is 0.622. The summed E-state index contributed by atoms with van der Waals surface area (Å²) in [7, 11) is 0. The first-order valence-corrected chi connectivity index (χ1v) is 4.44. The summed E-state index contributed by atoms with van der Waals surface area (Å²) in [6, 6.07) is 2.81. The third kappa shape index (κ3) is 2.11. The molecular weight excluding hydrogens is 213 g/mol. The van der Waals surface area contributed by atoms with E-state index in [0.29, 0.717) is 17.0 Å². The molecule has 0 aromatic heterocycles. The van der Waals surface area contributed by atoms with E-state index in [-0.39, 0.29) is 10.7 Å². The van der Waals surface area contributed by atoms with Gasteiger partial charge in [-0.25, -0.2) is 0 Å². The van der Waals surface area contributed by atoms with Crippen molar-refractivity contribution in [2.24, 2.45) is 0 Å². The first-order chi connectivity index (χ1) is 6.06. The van der Waals surface area contributed by atoms with Crippen LogP contribution in [0.5, 0.6) is 0 Å². The van der Waals surface area contributed by atoms with Crippen LogP contribution in [0.3, 0.4) is 0 Å². The number of hydrogen-bond donors (Lipinski definition) is 0. The monoisotopic (exact) mass is 219 g/mol. The number of nitro groups is 1. The molecule has 0 aliphatic heterocycles. The average molecular weight is 220 g/mol. The lowest BCUT2D eigenvalue weighted by Gasteiger charge is -2.01. The van der Waals surface area contributed by atoms with Crippen molar-refractivity contribution in [1.82, 2.24) is 0 Å². The highest BCUT2D eigenvalue weighted by molar-refractivity contribution is 6.42. The van der Waals surface area contributed by atoms with E-state index in [9.17, 15) is 10.1 Å². The van der Waals surface area contributed by atoms with Gasteiger partial charge in [0.15, 0.2) is 0 Å². The highest BCUT2D eigenvalue weighted by Crippen LogP contribution is 2.30. The minimum absolute atomic E-state index is 0.0249. The largest absolute Gasteiger partial charge is 0.274 e. The van der Waals surface area contributed by atoms with E-state index in [1.54, 1.807) is 0 Å². The summed E-state index contributed by atoms with van der Waals surface area (Å²) < 4.78 is 0. The summed E-state index contributed by atoms with van der Waals surface area (Å²) in [5.74, 6) is 0. The van der Waals surface area contributed by atoms with Gasteiger partial charge in [-0.3, -0.25) is 10.1 Å². The standard InChI is InChI=1S/C8H7Cl2NO2/c1-2-5-3-6(9)7(10)4-8(5)11(12)13/h3-4H,2H2,1H3. The van der Waals surface area contributed by atoms with Crippen LogP contribution in [0.1, 0.15) is 12.5 Å². The molecule has 1 rings (SSSR count). The van der Waals surface area contributed by atoms with Gasteiger partial charge < -0.3 is 0 Å². The van der Waals surface area contributed by atoms with Gasteiger partial charge in [0.2, 0.25) is 0 Å². The summed E-state index contributed by atoms with van der Waals surface area (Å²) in [6.07, 6.45) is 0.563. The minimum atomic E-state index is -0.457. The zero-order chi connectivity index (χ0) is 10.0. The molecule has 13 heavy (non-hydrogen) atoms. The van der Waals surface area contributed by atoms with Gasteiger partial charge in [-0.1, -0.05) is 30.1 Å². The SMILES string of the molecule is CCc1cc(Cl)c(Cl)cc1[N+](=O)[O-]. The molecule has 0 spiro atoms.